The van der Waals surface area contributed by atoms with E-state index >= 15 is 0 Å². The standard InChI is InChI=1S/C40H27NO/c1-4-13-28(14-5-1)31-24-26-37(36(27-31)29-15-6-2-7-16-29)41(32-18-8-3-9-19-32)38-22-12-21-34-35-25-23-30-17-10-11-20-33(30)39(35)42-40(34)38/h1-27H. The second kappa shape index (κ2) is 10.1. The van der Waals surface area contributed by atoms with Crippen molar-refractivity contribution in [3.8, 4) is 22.3 Å². The Balaban J connectivity index is 1.42. The summed E-state index contributed by atoms with van der Waals surface area (Å²) >= 11 is 0. The summed E-state index contributed by atoms with van der Waals surface area (Å²) in [4.78, 5) is 2.34. The summed E-state index contributed by atoms with van der Waals surface area (Å²) in [7, 11) is 0. The van der Waals surface area contributed by atoms with E-state index in [4.69, 9.17) is 4.42 Å². The van der Waals surface area contributed by atoms with E-state index in [1.165, 1.54) is 16.5 Å². The van der Waals surface area contributed by atoms with Gasteiger partial charge in [-0.15, -0.1) is 0 Å². The van der Waals surface area contributed by atoms with E-state index in [0.717, 1.165) is 55.5 Å². The summed E-state index contributed by atoms with van der Waals surface area (Å²) in [5.41, 5.74) is 9.64. The van der Waals surface area contributed by atoms with Crippen molar-refractivity contribution in [3.63, 3.8) is 0 Å². The number of para-hydroxylation sites is 2. The van der Waals surface area contributed by atoms with Crippen molar-refractivity contribution in [2.24, 2.45) is 0 Å². The molecular weight excluding hydrogens is 510 g/mol. The highest BCUT2D eigenvalue weighted by Crippen LogP contribution is 2.46. The highest BCUT2D eigenvalue weighted by Gasteiger charge is 2.22. The Morgan fingerprint density at radius 3 is 1.81 bits per heavy atom. The van der Waals surface area contributed by atoms with Crippen molar-refractivity contribution in [2.75, 3.05) is 4.90 Å². The first-order valence-electron chi connectivity index (χ1n) is 14.3. The number of fused-ring (bicyclic) bond motifs is 5. The predicted molar refractivity (Wildman–Crippen MR) is 177 cm³/mol. The number of furan rings is 1. The molecule has 0 aliphatic carbocycles. The van der Waals surface area contributed by atoms with Crippen molar-refractivity contribution in [1.29, 1.82) is 0 Å². The van der Waals surface area contributed by atoms with Gasteiger partial charge in [-0.1, -0.05) is 127 Å². The van der Waals surface area contributed by atoms with E-state index < -0.39 is 0 Å². The second-order valence-corrected chi connectivity index (χ2v) is 10.6. The molecule has 0 spiro atoms. The van der Waals surface area contributed by atoms with Gasteiger partial charge in [0.05, 0.1) is 11.4 Å². The summed E-state index contributed by atoms with van der Waals surface area (Å²) in [6.07, 6.45) is 0. The minimum atomic E-state index is 0.874. The Morgan fingerprint density at radius 1 is 0.381 bits per heavy atom. The normalized spacial score (nSPS) is 11.3. The first kappa shape index (κ1) is 24.2. The average molecular weight is 538 g/mol. The fourth-order valence-electron chi connectivity index (χ4n) is 6.06. The molecule has 1 aromatic heterocycles. The van der Waals surface area contributed by atoms with Crippen LogP contribution in [0.15, 0.2) is 168 Å². The molecule has 0 amide bonds. The molecule has 0 bridgehead atoms. The highest BCUT2D eigenvalue weighted by atomic mass is 16.3. The summed E-state index contributed by atoms with van der Waals surface area (Å²) in [5, 5.41) is 4.53. The lowest BCUT2D eigenvalue weighted by molar-refractivity contribution is 0.673. The van der Waals surface area contributed by atoms with Gasteiger partial charge in [-0.25, -0.2) is 0 Å². The molecule has 42 heavy (non-hydrogen) atoms. The van der Waals surface area contributed by atoms with Gasteiger partial charge in [0.2, 0.25) is 0 Å². The van der Waals surface area contributed by atoms with Crippen molar-refractivity contribution >= 4 is 49.8 Å². The van der Waals surface area contributed by atoms with Crippen LogP contribution in [0.2, 0.25) is 0 Å². The van der Waals surface area contributed by atoms with Gasteiger partial charge in [0, 0.05) is 27.4 Å². The molecule has 0 aliphatic rings. The number of nitrogens with zero attached hydrogens (tertiary/aromatic N) is 1. The minimum Gasteiger partial charge on any atom is -0.453 e. The van der Waals surface area contributed by atoms with Crippen LogP contribution in [0.25, 0.3) is 55.0 Å². The van der Waals surface area contributed by atoms with Crippen molar-refractivity contribution in [3.05, 3.63) is 164 Å². The second-order valence-electron chi connectivity index (χ2n) is 10.6. The van der Waals surface area contributed by atoms with Gasteiger partial charge in [-0.3, -0.25) is 0 Å². The molecule has 2 heteroatoms. The molecular formula is C40H27NO. The Hall–Kier alpha value is -5.60. The van der Waals surface area contributed by atoms with Crippen LogP contribution in [0.4, 0.5) is 17.1 Å². The van der Waals surface area contributed by atoms with Crippen LogP contribution in [0.5, 0.6) is 0 Å². The van der Waals surface area contributed by atoms with Crippen molar-refractivity contribution < 1.29 is 4.42 Å². The fourth-order valence-corrected chi connectivity index (χ4v) is 6.06. The summed E-state index contributed by atoms with van der Waals surface area (Å²) in [5.74, 6) is 0. The molecule has 0 N–H and O–H groups in total. The first-order valence-corrected chi connectivity index (χ1v) is 14.3. The molecule has 0 fully saturated rings. The molecule has 1 heterocycles. The quantitative estimate of drug-likeness (QED) is 0.217. The van der Waals surface area contributed by atoms with E-state index in [0.29, 0.717) is 0 Å². The lowest BCUT2D eigenvalue weighted by atomic mass is 9.96. The van der Waals surface area contributed by atoms with Gasteiger partial charge < -0.3 is 9.32 Å². The summed E-state index contributed by atoms with van der Waals surface area (Å²) < 4.78 is 6.82. The molecule has 0 saturated heterocycles. The Morgan fingerprint density at radius 2 is 1.02 bits per heavy atom. The minimum absolute atomic E-state index is 0.874. The maximum Gasteiger partial charge on any atom is 0.159 e. The molecule has 0 unspecified atom stereocenters. The largest absolute Gasteiger partial charge is 0.453 e. The molecule has 0 aliphatic heterocycles. The molecule has 2 nitrogen and oxygen atoms in total. The summed E-state index contributed by atoms with van der Waals surface area (Å²) in [6.45, 7) is 0. The molecule has 8 aromatic rings. The maximum absolute atomic E-state index is 6.82. The lowest BCUT2D eigenvalue weighted by Crippen LogP contribution is -2.11. The van der Waals surface area contributed by atoms with Gasteiger partial charge in [0.25, 0.3) is 0 Å². The van der Waals surface area contributed by atoms with Gasteiger partial charge in [0.1, 0.15) is 5.58 Å². The smallest absolute Gasteiger partial charge is 0.159 e. The van der Waals surface area contributed by atoms with Crippen LogP contribution >= 0.6 is 0 Å². The number of anilines is 3. The SMILES string of the molecule is c1ccc(-c2ccc(N(c3ccccc3)c3cccc4c3oc3c5ccccc5ccc43)c(-c3ccccc3)c2)cc1. The first-order chi connectivity index (χ1) is 20.8. The van der Waals surface area contributed by atoms with Crippen molar-refractivity contribution in [1.82, 2.24) is 0 Å². The predicted octanol–water partition coefficient (Wildman–Crippen LogP) is 11.5. The van der Waals surface area contributed by atoms with E-state index in [1.807, 2.05) is 0 Å². The third kappa shape index (κ3) is 4.05. The van der Waals surface area contributed by atoms with Gasteiger partial charge >= 0.3 is 0 Å². The molecule has 0 saturated carbocycles. The van der Waals surface area contributed by atoms with Crippen LogP contribution in [0.3, 0.4) is 0 Å². The number of hydrogen-bond acceptors (Lipinski definition) is 2. The van der Waals surface area contributed by atoms with E-state index in [-0.39, 0.29) is 0 Å². The van der Waals surface area contributed by atoms with Crippen LogP contribution in [0.1, 0.15) is 0 Å². The number of hydrogen-bond donors (Lipinski definition) is 0. The number of rotatable bonds is 5. The molecule has 198 valence electrons. The van der Waals surface area contributed by atoms with Crippen LogP contribution < -0.4 is 4.90 Å². The van der Waals surface area contributed by atoms with Crippen LogP contribution in [0, 0.1) is 0 Å². The van der Waals surface area contributed by atoms with Crippen molar-refractivity contribution in [2.45, 2.75) is 0 Å². The van der Waals surface area contributed by atoms with Gasteiger partial charge in [0.15, 0.2) is 5.58 Å². The highest BCUT2D eigenvalue weighted by molar-refractivity contribution is 6.17. The van der Waals surface area contributed by atoms with Gasteiger partial charge in [-0.05, 0) is 58.5 Å². The fraction of sp³-hybridized carbons (Fsp3) is 0. The van der Waals surface area contributed by atoms with Crippen LogP contribution in [-0.4, -0.2) is 0 Å². The molecule has 0 atom stereocenters. The molecule has 7 aromatic carbocycles. The zero-order valence-corrected chi connectivity index (χ0v) is 22.9. The third-order valence-electron chi connectivity index (χ3n) is 8.05. The maximum atomic E-state index is 6.82. The number of benzene rings is 7. The molecule has 8 rings (SSSR count). The zero-order valence-electron chi connectivity index (χ0n) is 22.9. The lowest BCUT2D eigenvalue weighted by Gasteiger charge is -2.28. The Labute approximate surface area is 244 Å². The van der Waals surface area contributed by atoms with E-state index in [2.05, 4.69) is 169 Å². The van der Waals surface area contributed by atoms with Gasteiger partial charge in [-0.2, -0.15) is 0 Å². The third-order valence-corrected chi connectivity index (χ3v) is 8.05. The van der Waals surface area contributed by atoms with E-state index in [1.54, 1.807) is 0 Å². The Kier molecular flexibility index (Phi) is 5.82. The van der Waals surface area contributed by atoms with Crippen LogP contribution in [-0.2, 0) is 0 Å². The average Bonchev–Trinajstić information content (AvgIpc) is 3.46. The topological polar surface area (TPSA) is 16.4 Å². The monoisotopic (exact) mass is 537 g/mol. The Bertz CT molecular complexity index is 2180. The van der Waals surface area contributed by atoms with E-state index in [9.17, 15) is 0 Å². The zero-order chi connectivity index (χ0) is 27.9. The summed E-state index contributed by atoms with van der Waals surface area (Å²) in [6, 6.07) is 57.8. The molecule has 0 radical (unpaired) electrons.